The Kier molecular flexibility index (Phi) is 15.6. The van der Waals surface area contributed by atoms with Crippen LogP contribution >= 0.6 is 37.2 Å². The van der Waals surface area contributed by atoms with E-state index in [2.05, 4.69) is 29.0 Å². The topological polar surface area (TPSA) is 61.6 Å². The standard InChI is InChI=1S/C18H36N4O.3ClH/c1-3-21-9-11-22(12-10-21)16(2)14-20-17(23)13-18(15-19)7-5-4-6-8-18;;;/h16H,3-15,19H2,1-2H3,(H,20,23);3*1H. The summed E-state index contributed by atoms with van der Waals surface area (Å²) in [5, 5.41) is 3.16. The summed E-state index contributed by atoms with van der Waals surface area (Å²) in [6.45, 7) is 11.5. The molecule has 0 bridgehead atoms. The Morgan fingerprint density at radius 1 is 1.08 bits per heavy atom. The van der Waals surface area contributed by atoms with E-state index in [1.165, 1.54) is 19.3 Å². The molecule has 1 aliphatic carbocycles. The molecule has 3 N–H and O–H groups in total. The summed E-state index contributed by atoms with van der Waals surface area (Å²) in [4.78, 5) is 17.3. The van der Waals surface area contributed by atoms with Crippen molar-refractivity contribution in [3.05, 3.63) is 0 Å². The van der Waals surface area contributed by atoms with Gasteiger partial charge in [-0.15, -0.1) is 37.2 Å². The Hall–Kier alpha value is 0.220. The molecule has 26 heavy (non-hydrogen) atoms. The van der Waals surface area contributed by atoms with Crippen molar-refractivity contribution in [2.24, 2.45) is 11.1 Å². The largest absolute Gasteiger partial charge is 0.355 e. The molecule has 0 aromatic carbocycles. The zero-order chi connectivity index (χ0) is 16.7. The molecule has 0 aromatic heterocycles. The lowest BCUT2D eigenvalue weighted by Gasteiger charge is -2.38. The molecular formula is C18H39Cl3N4O. The summed E-state index contributed by atoms with van der Waals surface area (Å²) >= 11 is 0. The molecule has 1 unspecified atom stereocenters. The molecule has 1 atom stereocenters. The van der Waals surface area contributed by atoms with Crippen LogP contribution in [0.3, 0.4) is 0 Å². The molecule has 1 saturated heterocycles. The van der Waals surface area contributed by atoms with Gasteiger partial charge in [-0.25, -0.2) is 0 Å². The van der Waals surface area contributed by atoms with E-state index < -0.39 is 0 Å². The number of nitrogens with one attached hydrogen (secondary N) is 1. The van der Waals surface area contributed by atoms with Gasteiger partial charge < -0.3 is 16.0 Å². The molecule has 5 nitrogen and oxygen atoms in total. The number of hydrogen-bond acceptors (Lipinski definition) is 4. The van der Waals surface area contributed by atoms with Gasteiger partial charge in [-0.3, -0.25) is 9.69 Å². The van der Waals surface area contributed by atoms with Crippen molar-refractivity contribution in [3.63, 3.8) is 0 Å². The number of hydrogen-bond donors (Lipinski definition) is 2. The van der Waals surface area contributed by atoms with Crippen LogP contribution in [0.2, 0.25) is 0 Å². The predicted molar refractivity (Wildman–Crippen MR) is 117 cm³/mol. The first-order chi connectivity index (χ1) is 11.1. The van der Waals surface area contributed by atoms with E-state index >= 15 is 0 Å². The Morgan fingerprint density at radius 2 is 1.65 bits per heavy atom. The minimum Gasteiger partial charge on any atom is -0.355 e. The highest BCUT2D eigenvalue weighted by Gasteiger charge is 2.33. The van der Waals surface area contributed by atoms with Crippen molar-refractivity contribution >= 4 is 43.1 Å². The predicted octanol–water partition coefficient (Wildman–Crippen LogP) is 2.69. The highest BCUT2D eigenvalue weighted by Crippen LogP contribution is 2.38. The number of halogens is 3. The average molecular weight is 434 g/mol. The number of amides is 1. The average Bonchev–Trinajstić information content (AvgIpc) is 2.60. The van der Waals surface area contributed by atoms with Crippen molar-refractivity contribution in [1.82, 2.24) is 15.1 Å². The lowest BCUT2D eigenvalue weighted by atomic mass is 9.71. The molecule has 1 heterocycles. The second-order valence-electron chi connectivity index (χ2n) is 7.56. The maximum atomic E-state index is 12.4. The highest BCUT2D eigenvalue weighted by molar-refractivity contribution is 5.86. The molecule has 1 saturated carbocycles. The van der Waals surface area contributed by atoms with E-state index in [9.17, 15) is 4.79 Å². The second kappa shape index (κ2) is 14.3. The third kappa shape index (κ3) is 8.49. The number of nitrogens with two attached hydrogens (primary N) is 1. The molecule has 0 radical (unpaired) electrons. The lowest BCUT2D eigenvalue weighted by Crippen LogP contribution is -2.52. The third-order valence-electron chi connectivity index (χ3n) is 5.95. The van der Waals surface area contributed by atoms with Crippen molar-refractivity contribution in [3.8, 4) is 0 Å². The van der Waals surface area contributed by atoms with Gasteiger partial charge in [0, 0.05) is 45.2 Å². The zero-order valence-electron chi connectivity index (χ0n) is 16.4. The van der Waals surface area contributed by atoms with Crippen LogP contribution in [0.4, 0.5) is 0 Å². The summed E-state index contributed by atoms with van der Waals surface area (Å²) in [7, 11) is 0. The fourth-order valence-corrected chi connectivity index (χ4v) is 4.07. The Labute approximate surface area is 178 Å². The minimum atomic E-state index is 0. The van der Waals surface area contributed by atoms with E-state index in [1.54, 1.807) is 0 Å². The van der Waals surface area contributed by atoms with Crippen molar-refractivity contribution in [2.75, 3.05) is 45.8 Å². The Bertz CT molecular complexity index is 373. The fourth-order valence-electron chi connectivity index (χ4n) is 4.07. The van der Waals surface area contributed by atoms with Crippen LogP contribution < -0.4 is 11.1 Å². The molecule has 1 aliphatic heterocycles. The van der Waals surface area contributed by atoms with Crippen LogP contribution in [-0.2, 0) is 4.79 Å². The number of likely N-dealkylation sites (N-methyl/N-ethyl adjacent to an activating group) is 1. The summed E-state index contributed by atoms with van der Waals surface area (Å²) in [6, 6.07) is 0.415. The van der Waals surface area contributed by atoms with Crippen LogP contribution in [-0.4, -0.2) is 67.6 Å². The number of carbonyl (C=O) groups is 1. The normalized spacial score (nSPS) is 21.5. The van der Waals surface area contributed by atoms with Gasteiger partial charge in [-0.2, -0.15) is 0 Å². The first-order valence-corrected chi connectivity index (χ1v) is 9.52. The molecule has 158 valence electrons. The van der Waals surface area contributed by atoms with Crippen LogP contribution in [0.25, 0.3) is 0 Å². The molecule has 2 fully saturated rings. The Balaban J connectivity index is 0. The van der Waals surface area contributed by atoms with Crippen molar-refractivity contribution in [2.45, 2.75) is 58.4 Å². The van der Waals surface area contributed by atoms with Crippen LogP contribution in [0, 0.1) is 5.41 Å². The van der Waals surface area contributed by atoms with Crippen molar-refractivity contribution in [1.29, 1.82) is 0 Å². The number of nitrogens with zero attached hydrogens (tertiary/aromatic N) is 2. The van der Waals surface area contributed by atoms with Gasteiger partial charge in [0.1, 0.15) is 0 Å². The molecule has 2 rings (SSSR count). The quantitative estimate of drug-likeness (QED) is 0.648. The second-order valence-corrected chi connectivity index (χ2v) is 7.56. The molecule has 0 aromatic rings. The van der Waals surface area contributed by atoms with Gasteiger partial charge >= 0.3 is 0 Å². The van der Waals surface area contributed by atoms with Gasteiger partial charge in [0.2, 0.25) is 5.91 Å². The molecular weight excluding hydrogens is 395 g/mol. The number of piperazine rings is 1. The van der Waals surface area contributed by atoms with Crippen molar-refractivity contribution < 1.29 is 4.79 Å². The summed E-state index contributed by atoms with van der Waals surface area (Å²) in [6.07, 6.45) is 6.59. The molecule has 2 aliphatic rings. The van der Waals surface area contributed by atoms with Gasteiger partial charge in [0.25, 0.3) is 0 Å². The summed E-state index contributed by atoms with van der Waals surface area (Å²) in [5.41, 5.74) is 6.06. The van der Waals surface area contributed by atoms with Gasteiger partial charge in [0.05, 0.1) is 0 Å². The molecule has 1 amide bonds. The number of carbonyl (C=O) groups excluding carboxylic acids is 1. The van der Waals surface area contributed by atoms with Gasteiger partial charge in [0.15, 0.2) is 0 Å². The molecule has 8 heteroatoms. The smallest absolute Gasteiger partial charge is 0.220 e. The maximum absolute atomic E-state index is 12.4. The van der Waals surface area contributed by atoms with Crippen LogP contribution in [0.1, 0.15) is 52.4 Å². The van der Waals surface area contributed by atoms with Crippen LogP contribution in [0.15, 0.2) is 0 Å². The maximum Gasteiger partial charge on any atom is 0.220 e. The lowest BCUT2D eigenvalue weighted by molar-refractivity contribution is -0.124. The van der Waals surface area contributed by atoms with E-state index in [-0.39, 0.29) is 48.5 Å². The fraction of sp³-hybridized carbons (Fsp3) is 0.944. The van der Waals surface area contributed by atoms with E-state index in [0.717, 1.165) is 52.1 Å². The first-order valence-electron chi connectivity index (χ1n) is 9.52. The van der Waals surface area contributed by atoms with E-state index in [1.807, 2.05) is 0 Å². The minimum absolute atomic E-state index is 0. The summed E-state index contributed by atoms with van der Waals surface area (Å²) in [5.74, 6) is 0.191. The monoisotopic (exact) mass is 432 g/mol. The third-order valence-corrected chi connectivity index (χ3v) is 5.95. The van der Waals surface area contributed by atoms with Gasteiger partial charge in [-0.1, -0.05) is 26.2 Å². The SMILES string of the molecule is CCN1CCN(C(C)CNC(=O)CC2(CN)CCCCC2)CC1.Cl.Cl.Cl. The summed E-state index contributed by atoms with van der Waals surface area (Å²) < 4.78 is 0. The highest BCUT2D eigenvalue weighted by atomic mass is 35.5. The van der Waals surface area contributed by atoms with Crippen LogP contribution in [0.5, 0.6) is 0 Å². The van der Waals surface area contributed by atoms with Gasteiger partial charge in [-0.05, 0) is 38.3 Å². The zero-order valence-corrected chi connectivity index (χ0v) is 18.8. The van der Waals surface area contributed by atoms with E-state index in [4.69, 9.17) is 5.73 Å². The Morgan fingerprint density at radius 3 is 2.15 bits per heavy atom. The first kappa shape index (κ1) is 28.4. The molecule has 0 spiro atoms. The number of rotatable bonds is 7. The van der Waals surface area contributed by atoms with E-state index in [0.29, 0.717) is 19.0 Å².